The van der Waals surface area contributed by atoms with Crippen molar-refractivity contribution < 1.29 is 4.92 Å². The zero-order chi connectivity index (χ0) is 14.0. The third-order valence-electron chi connectivity index (χ3n) is 4.18. The number of hydrogen-bond acceptors (Lipinski definition) is 4. The molecule has 0 bridgehead atoms. The molecule has 1 heterocycles. The SMILES string of the molecule is CC1CCN(C(C)c2ccccc2[N+](=O)[O-])CC1N. The number of hydrogen-bond donors (Lipinski definition) is 1. The number of piperidine rings is 1. The van der Waals surface area contributed by atoms with Crippen LogP contribution in [0.2, 0.25) is 0 Å². The molecule has 0 aliphatic carbocycles. The Morgan fingerprint density at radius 2 is 2.16 bits per heavy atom. The summed E-state index contributed by atoms with van der Waals surface area (Å²) in [5.74, 6) is 0.522. The fourth-order valence-electron chi connectivity index (χ4n) is 2.68. The summed E-state index contributed by atoms with van der Waals surface area (Å²) in [5.41, 5.74) is 7.08. The number of nitrogens with zero attached hydrogens (tertiary/aromatic N) is 2. The molecule has 0 amide bonds. The lowest BCUT2D eigenvalue weighted by atomic mass is 9.92. The normalized spacial score (nSPS) is 26.1. The van der Waals surface area contributed by atoms with Gasteiger partial charge in [-0.3, -0.25) is 15.0 Å². The summed E-state index contributed by atoms with van der Waals surface area (Å²) >= 11 is 0. The molecule has 3 atom stereocenters. The molecule has 5 nitrogen and oxygen atoms in total. The zero-order valence-corrected chi connectivity index (χ0v) is 11.5. The van der Waals surface area contributed by atoms with Gasteiger partial charge in [0.05, 0.1) is 4.92 Å². The summed E-state index contributed by atoms with van der Waals surface area (Å²) in [6.45, 7) is 5.93. The first kappa shape index (κ1) is 14.0. The van der Waals surface area contributed by atoms with E-state index in [1.807, 2.05) is 19.1 Å². The highest BCUT2D eigenvalue weighted by molar-refractivity contribution is 5.41. The molecule has 3 unspecified atom stereocenters. The summed E-state index contributed by atoms with van der Waals surface area (Å²) in [6.07, 6.45) is 1.05. The Kier molecular flexibility index (Phi) is 4.17. The van der Waals surface area contributed by atoms with Crippen LogP contribution in [0.1, 0.15) is 31.9 Å². The van der Waals surface area contributed by atoms with E-state index in [-0.39, 0.29) is 22.7 Å². The molecular formula is C14H21N3O2. The maximum atomic E-state index is 11.1. The Bertz CT molecular complexity index is 464. The standard InChI is InChI=1S/C14H21N3O2/c1-10-7-8-16(9-13(10)15)11(2)12-5-3-4-6-14(12)17(18)19/h3-6,10-11,13H,7-9,15H2,1-2H3. The molecular weight excluding hydrogens is 242 g/mol. The first-order valence-corrected chi connectivity index (χ1v) is 6.73. The van der Waals surface area contributed by atoms with Gasteiger partial charge < -0.3 is 5.73 Å². The fourth-order valence-corrected chi connectivity index (χ4v) is 2.68. The first-order chi connectivity index (χ1) is 9.00. The summed E-state index contributed by atoms with van der Waals surface area (Å²) in [7, 11) is 0. The van der Waals surface area contributed by atoms with Crippen molar-refractivity contribution in [2.24, 2.45) is 11.7 Å². The van der Waals surface area contributed by atoms with Crippen LogP contribution in [0.5, 0.6) is 0 Å². The van der Waals surface area contributed by atoms with Gasteiger partial charge in [0.25, 0.3) is 5.69 Å². The molecule has 5 heteroatoms. The van der Waals surface area contributed by atoms with Crippen LogP contribution in [0, 0.1) is 16.0 Å². The van der Waals surface area contributed by atoms with Gasteiger partial charge in [-0.1, -0.05) is 25.1 Å². The molecule has 19 heavy (non-hydrogen) atoms. The molecule has 1 aromatic carbocycles. The van der Waals surface area contributed by atoms with Crippen LogP contribution in [0.3, 0.4) is 0 Å². The highest BCUT2D eigenvalue weighted by Crippen LogP contribution is 2.31. The van der Waals surface area contributed by atoms with Crippen molar-refractivity contribution >= 4 is 5.69 Å². The van der Waals surface area contributed by atoms with E-state index >= 15 is 0 Å². The van der Waals surface area contributed by atoms with Crippen LogP contribution in [0.15, 0.2) is 24.3 Å². The summed E-state index contributed by atoms with van der Waals surface area (Å²) in [6, 6.07) is 7.15. The van der Waals surface area contributed by atoms with Crippen molar-refractivity contribution in [2.75, 3.05) is 13.1 Å². The van der Waals surface area contributed by atoms with Gasteiger partial charge in [-0.2, -0.15) is 0 Å². The van der Waals surface area contributed by atoms with Crippen LogP contribution in [-0.4, -0.2) is 29.0 Å². The minimum atomic E-state index is -0.307. The second kappa shape index (κ2) is 5.67. The van der Waals surface area contributed by atoms with Gasteiger partial charge in [0.15, 0.2) is 0 Å². The molecule has 0 radical (unpaired) electrons. The van der Waals surface area contributed by atoms with Gasteiger partial charge in [-0.25, -0.2) is 0 Å². The van der Waals surface area contributed by atoms with Crippen molar-refractivity contribution in [3.8, 4) is 0 Å². The minimum absolute atomic E-state index is 0.0279. The highest BCUT2D eigenvalue weighted by atomic mass is 16.6. The van der Waals surface area contributed by atoms with E-state index in [0.29, 0.717) is 5.92 Å². The smallest absolute Gasteiger partial charge is 0.274 e. The quantitative estimate of drug-likeness (QED) is 0.671. The molecule has 1 aliphatic heterocycles. The maximum Gasteiger partial charge on any atom is 0.274 e. The summed E-state index contributed by atoms with van der Waals surface area (Å²) in [4.78, 5) is 13.0. The average Bonchev–Trinajstić information content (AvgIpc) is 2.41. The van der Waals surface area contributed by atoms with Gasteiger partial charge in [0.1, 0.15) is 0 Å². The third kappa shape index (κ3) is 2.93. The van der Waals surface area contributed by atoms with E-state index in [1.54, 1.807) is 12.1 Å². The van der Waals surface area contributed by atoms with Gasteiger partial charge in [-0.15, -0.1) is 0 Å². The average molecular weight is 263 g/mol. The molecule has 104 valence electrons. The largest absolute Gasteiger partial charge is 0.326 e. The van der Waals surface area contributed by atoms with Crippen molar-refractivity contribution in [1.82, 2.24) is 4.90 Å². The Morgan fingerprint density at radius 3 is 2.79 bits per heavy atom. The lowest BCUT2D eigenvalue weighted by molar-refractivity contribution is -0.386. The molecule has 1 fully saturated rings. The molecule has 2 N–H and O–H groups in total. The first-order valence-electron chi connectivity index (χ1n) is 6.73. The number of nitrogens with two attached hydrogens (primary N) is 1. The molecule has 1 saturated heterocycles. The number of nitro groups is 1. The Morgan fingerprint density at radius 1 is 1.47 bits per heavy atom. The van der Waals surface area contributed by atoms with Crippen LogP contribution >= 0.6 is 0 Å². The van der Waals surface area contributed by atoms with Crippen LogP contribution in [-0.2, 0) is 0 Å². The van der Waals surface area contributed by atoms with Gasteiger partial charge in [0, 0.05) is 30.3 Å². The number of likely N-dealkylation sites (tertiary alicyclic amines) is 1. The van der Waals surface area contributed by atoms with E-state index in [9.17, 15) is 10.1 Å². The second-order valence-electron chi connectivity index (χ2n) is 5.42. The number of nitro benzene ring substituents is 1. The zero-order valence-electron chi connectivity index (χ0n) is 11.5. The number of rotatable bonds is 3. The predicted molar refractivity (Wildman–Crippen MR) is 74.8 cm³/mol. The third-order valence-corrected chi connectivity index (χ3v) is 4.18. The lowest BCUT2D eigenvalue weighted by Gasteiger charge is -2.38. The Balaban J connectivity index is 2.20. The summed E-state index contributed by atoms with van der Waals surface area (Å²) in [5, 5.41) is 11.1. The molecule has 1 aromatic rings. The second-order valence-corrected chi connectivity index (χ2v) is 5.42. The Hall–Kier alpha value is -1.46. The van der Waals surface area contributed by atoms with E-state index in [2.05, 4.69) is 11.8 Å². The topological polar surface area (TPSA) is 72.4 Å². The van der Waals surface area contributed by atoms with Crippen molar-refractivity contribution in [3.05, 3.63) is 39.9 Å². The van der Waals surface area contributed by atoms with Gasteiger partial charge in [0.2, 0.25) is 0 Å². The molecule has 1 aliphatic rings. The van der Waals surface area contributed by atoms with E-state index in [1.165, 1.54) is 0 Å². The highest BCUT2D eigenvalue weighted by Gasteiger charge is 2.29. The number of para-hydroxylation sites is 1. The predicted octanol–water partition coefficient (Wildman–Crippen LogP) is 2.32. The number of benzene rings is 1. The molecule has 0 aromatic heterocycles. The van der Waals surface area contributed by atoms with Crippen molar-refractivity contribution in [1.29, 1.82) is 0 Å². The Labute approximate surface area is 113 Å². The summed E-state index contributed by atoms with van der Waals surface area (Å²) < 4.78 is 0. The molecule has 0 spiro atoms. The van der Waals surface area contributed by atoms with Gasteiger partial charge >= 0.3 is 0 Å². The fraction of sp³-hybridized carbons (Fsp3) is 0.571. The molecule has 0 saturated carbocycles. The van der Waals surface area contributed by atoms with Gasteiger partial charge in [-0.05, 0) is 25.8 Å². The lowest BCUT2D eigenvalue weighted by Crippen LogP contribution is -2.48. The van der Waals surface area contributed by atoms with Crippen LogP contribution in [0.4, 0.5) is 5.69 Å². The van der Waals surface area contributed by atoms with Crippen LogP contribution in [0.25, 0.3) is 0 Å². The molecule has 2 rings (SSSR count). The maximum absolute atomic E-state index is 11.1. The minimum Gasteiger partial charge on any atom is -0.326 e. The van der Waals surface area contributed by atoms with E-state index in [4.69, 9.17) is 5.73 Å². The monoisotopic (exact) mass is 263 g/mol. The van der Waals surface area contributed by atoms with E-state index < -0.39 is 0 Å². The van der Waals surface area contributed by atoms with Crippen molar-refractivity contribution in [3.63, 3.8) is 0 Å². The van der Waals surface area contributed by atoms with Crippen molar-refractivity contribution in [2.45, 2.75) is 32.4 Å². The van der Waals surface area contributed by atoms with E-state index in [0.717, 1.165) is 25.1 Å². The van der Waals surface area contributed by atoms with Crippen LogP contribution < -0.4 is 5.73 Å².